The van der Waals surface area contributed by atoms with Crippen LogP contribution in [0.3, 0.4) is 0 Å². The highest BCUT2D eigenvalue weighted by atomic mass is 35.5. The van der Waals surface area contributed by atoms with Crippen LogP contribution in [0, 0.1) is 0 Å². The second-order valence-corrected chi connectivity index (χ2v) is 4.82. The van der Waals surface area contributed by atoms with Crippen molar-refractivity contribution in [1.82, 2.24) is 4.98 Å². The van der Waals surface area contributed by atoms with Crippen molar-refractivity contribution in [3.05, 3.63) is 70.9 Å². The molecule has 0 atom stereocenters. The van der Waals surface area contributed by atoms with Gasteiger partial charge < -0.3 is 5.11 Å². The van der Waals surface area contributed by atoms with Gasteiger partial charge >= 0.3 is 0 Å². The molecule has 4 heteroatoms. The van der Waals surface area contributed by atoms with Crippen molar-refractivity contribution in [1.29, 1.82) is 0 Å². The number of hydrogen-bond acceptors (Lipinski definition) is 3. The fraction of sp³-hybridized carbons (Fsp3) is 0. The number of pyridine rings is 1. The van der Waals surface area contributed by atoms with E-state index < -0.39 is 0 Å². The van der Waals surface area contributed by atoms with Crippen LogP contribution >= 0.6 is 11.6 Å². The summed E-state index contributed by atoms with van der Waals surface area (Å²) in [6, 6.07) is 15.4. The Bertz CT molecular complexity index is 800. The maximum atomic E-state index is 12.3. The van der Waals surface area contributed by atoms with E-state index in [1.54, 1.807) is 42.5 Å². The van der Waals surface area contributed by atoms with Gasteiger partial charge in [-0.15, -0.1) is 0 Å². The van der Waals surface area contributed by atoms with E-state index in [0.717, 1.165) is 0 Å². The van der Waals surface area contributed by atoms with Crippen LogP contribution in [-0.4, -0.2) is 15.9 Å². The minimum Gasteiger partial charge on any atom is -0.506 e. The van der Waals surface area contributed by atoms with Crippen molar-refractivity contribution in [2.24, 2.45) is 0 Å². The zero-order valence-electron chi connectivity index (χ0n) is 10.4. The maximum Gasteiger partial charge on any atom is 0.215 e. The number of fused-ring (bicyclic) bond motifs is 1. The highest BCUT2D eigenvalue weighted by Gasteiger charge is 2.16. The number of aromatic nitrogens is 1. The Morgan fingerprint density at radius 3 is 2.55 bits per heavy atom. The largest absolute Gasteiger partial charge is 0.506 e. The van der Waals surface area contributed by atoms with Crippen molar-refractivity contribution < 1.29 is 9.90 Å². The summed E-state index contributed by atoms with van der Waals surface area (Å²) >= 11 is 5.89. The zero-order valence-corrected chi connectivity index (χ0v) is 11.1. The first-order valence-electron chi connectivity index (χ1n) is 6.04. The molecule has 1 aromatic heterocycles. The van der Waals surface area contributed by atoms with E-state index in [1.165, 1.54) is 6.07 Å². The fourth-order valence-electron chi connectivity index (χ4n) is 2.03. The molecule has 3 nitrogen and oxygen atoms in total. The van der Waals surface area contributed by atoms with Crippen molar-refractivity contribution >= 4 is 28.3 Å². The number of nitrogens with zero attached hydrogens (tertiary/aromatic N) is 1. The van der Waals surface area contributed by atoms with Crippen molar-refractivity contribution in [3.8, 4) is 5.75 Å². The van der Waals surface area contributed by atoms with Gasteiger partial charge in [0.15, 0.2) is 5.69 Å². The van der Waals surface area contributed by atoms with Crippen LogP contribution in [0.1, 0.15) is 16.1 Å². The van der Waals surface area contributed by atoms with E-state index in [2.05, 4.69) is 4.98 Å². The minimum absolute atomic E-state index is 0.0472. The Kier molecular flexibility index (Phi) is 3.12. The lowest BCUT2D eigenvalue weighted by Gasteiger charge is -2.06. The van der Waals surface area contributed by atoms with E-state index in [1.807, 2.05) is 6.07 Å². The van der Waals surface area contributed by atoms with Gasteiger partial charge in [-0.3, -0.25) is 4.79 Å². The molecular weight excluding hydrogens is 274 g/mol. The van der Waals surface area contributed by atoms with Gasteiger partial charge in [-0.05, 0) is 24.3 Å². The summed E-state index contributed by atoms with van der Waals surface area (Å²) in [6.45, 7) is 0. The highest BCUT2D eigenvalue weighted by molar-refractivity contribution is 6.31. The van der Waals surface area contributed by atoms with Crippen LogP contribution in [0.4, 0.5) is 0 Å². The third kappa shape index (κ3) is 2.24. The molecular formula is C16H10ClNO2. The molecule has 2 aromatic carbocycles. The molecule has 20 heavy (non-hydrogen) atoms. The van der Waals surface area contributed by atoms with Gasteiger partial charge in [0.25, 0.3) is 0 Å². The number of carbonyl (C=O) groups is 1. The summed E-state index contributed by atoms with van der Waals surface area (Å²) in [6.07, 6.45) is 0. The van der Waals surface area contributed by atoms with E-state index in [0.29, 0.717) is 21.5 Å². The van der Waals surface area contributed by atoms with Crippen molar-refractivity contribution in [2.75, 3.05) is 0 Å². The molecule has 3 rings (SSSR count). The number of hydrogen-bond donors (Lipinski definition) is 1. The predicted octanol–water partition coefficient (Wildman–Crippen LogP) is 3.82. The topological polar surface area (TPSA) is 50.2 Å². The lowest BCUT2D eigenvalue weighted by atomic mass is 10.1. The summed E-state index contributed by atoms with van der Waals surface area (Å²) in [4.78, 5) is 16.6. The van der Waals surface area contributed by atoms with Gasteiger partial charge in [0.2, 0.25) is 5.78 Å². The number of rotatable bonds is 2. The maximum absolute atomic E-state index is 12.3. The quantitative estimate of drug-likeness (QED) is 0.727. The Balaban J connectivity index is 2.15. The number of halogens is 1. The lowest BCUT2D eigenvalue weighted by molar-refractivity contribution is 0.103. The highest BCUT2D eigenvalue weighted by Crippen LogP contribution is 2.26. The Morgan fingerprint density at radius 2 is 1.80 bits per heavy atom. The summed E-state index contributed by atoms with van der Waals surface area (Å²) in [5.74, 6) is -0.450. The first-order valence-corrected chi connectivity index (χ1v) is 6.42. The van der Waals surface area contributed by atoms with Crippen LogP contribution in [0.2, 0.25) is 5.02 Å². The Labute approximate surface area is 120 Å². The predicted molar refractivity (Wildman–Crippen MR) is 78.3 cm³/mol. The average Bonchev–Trinajstić information content (AvgIpc) is 2.46. The fourth-order valence-corrected chi connectivity index (χ4v) is 2.21. The molecule has 0 fully saturated rings. The molecule has 0 aliphatic heterocycles. The smallest absolute Gasteiger partial charge is 0.215 e. The normalized spacial score (nSPS) is 10.7. The molecule has 0 saturated heterocycles. The molecule has 0 radical (unpaired) electrons. The molecule has 0 unspecified atom stereocenters. The monoisotopic (exact) mass is 283 g/mol. The molecule has 0 saturated carbocycles. The van der Waals surface area contributed by atoms with Crippen LogP contribution in [0.25, 0.3) is 10.9 Å². The molecule has 1 heterocycles. The van der Waals surface area contributed by atoms with Crippen molar-refractivity contribution in [3.63, 3.8) is 0 Å². The Hall–Kier alpha value is -2.39. The van der Waals surface area contributed by atoms with Gasteiger partial charge in [0.05, 0.1) is 5.52 Å². The minimum atomic E-state index is -0.306. The molecule has 3 aromatic rings. The summed E-state index contributed by atoms with van der Waals surface area (Å²) in [7, 11) is 0. The van der Waals surface area contributed by atoms with Crippen molar-refractivity contribution in [2.45, 2.75) is 0 Å². The molecule has 0 bridgehead atoms. The van der Waals surface area contributed by atoms with E-state index in [9.17, 15) is 9.90 Å². The molecule has 1 N–H and O–H groups in total. The standard InChI is InChI=1S/C16H10ClNO2/c17-12-6-7-13-11(8-12)9-14(19)15(18-13)16(20)10-4-2-1-3-5-10/h1-9,19H. The van der Waals surface area contributed by atoms with Crippen LogP contribution in [0.15, 0.2) is 54.6 Å². The van der Waals surface area contributed by atoms with Gasteiger partial charge in [-0.1, -0.05) is 41.9 Å². The Morgan fingerprint density at radius 1 is 1.05 bits per heavy atom. The molecule has 98 valence electrons. The van der Waals surface area contributed by atoms with E-state index in [-0.39, 0.29) is 17.2 Å². The van der Waals surface area contributed by atoms with Crippen LogP contribution in [-0.2, 0) is 0 Å². The van der Waals surface area contributed by atoms with E-state index in [4.69, 9.17) is 11.6 Å². The van der Waals surface area contributed by atoms with Gasteiger partial charge in [-0.2, -0.15) is 0 Å². The van der Waals surface area contributed by atoms with Gasteiger partial charge in [-0.25, -0.2) is 4.98 Å². The molecule has 0 aliphatic carbocycles. The summed E-state index contributed by atoms with van der Waals surface area (Å²) in [5.41, 5.74) is 1.15. The second-order valence-electron chi connectivity index (χ2n) is 4.39. The summed E-state index contributed by atoms with van der Waals surface area (Å²) < 4.78 is 0. The zero-order chi connectivity index (χ0) is 14.1. The van der Waals surface area contributed by atoms with Gasteiger partial charge in [0, 0.05) is 16.0 Å². The number of ketones is 1. The third-order valence-corrected chi connectivity index (χ3v) is 3.24. The van der Waals surface area contributed by atoms with Crippen LogP contribution < -0.4 is 0 Å². The van der Waals surface area contributed by atoms with Gasteiger partial charge in [0.1, 0.15) is 5.75 Å². The molecule has 0 spiro atoms. The average molecular weight is 284 g/mol. The van der Waals surface area contributed by atoms with Crippen LogP contribution in [0.5, 0.6) is 5.75 Å². The lowest BCUT2D eigenvalue weighted by Crippen LogP contribution is -2.04. The first kappa shape index (κ1) is 12.6. The number of carbonyl (C=O) groups excluding carboxylic acids is 1. The SMILES string of the molecule is O=C(c1ccccc1)c1nc2ccc(Cl)cc2cc1O. The molecule has 0 amide bonds. The third-order valence-electron chi connectivity index (χ3n) is 3.01. The number of benzene rings is 2. The molecule has 0 aliphatic rings. The number of aromatic hydroxyl groups is 1. The first-order chi connectivity index (χ1) is 9.65. The summed E-state index contributed by atoms with van der Waals surface area (Å²) in [5, 5.41) is 11.3. The second kappa shape index (κ2) is 4.94. The van der Waals surface area contributed by atoms with E-state index >= 15 is 0 Å².